The molecule has 7 heteroatoms. The third-order valence-electron chi connectivity index (χ3n) is 6.37. The summed E-state index contributed by atoms with van der Waals surface area (Å²) < 4.78 is 18.3. The van der Waals surface area contributed by atoms with Gasteiger partial charge >= 0.3 is 5.76 Å². The second-order valence-corrected chi connectivity index (χ2v) is 9.03. The molecule has 0 amide bonds. The quantitative estimate of drug-likeness (QED) is 0.671. The van der Waals surface area contributed by atoms with Gasteiger partial charge in [-0.1, -0.05) is 23.4 Å². The number of H-pyrrole nitrogens is 1. The van der Waals surface area contributed by atoms with Gasteiger partial charge in [0.25, 0.3) is 0 Å². The van der Waals surface area contributed by atoms with E-state index < -0.39 is 5.76 Å². The number of oxazole rings is 1. The smallest absolute Gasteiger partial charge is 0.408 e. The van der Waals surface area contributed by atoms with Gasteiger partial charge in [0.1, 0.15) is 5.82 Å². The molecule has 2 aromatic carbocycles. The van der Waals surface area contributed by atoms with Gasteiger partial charge in [0.2, 0.25) is 0 Å². The van der Waals surface area contributed by atoms with Crippen molar-refractivity contribution >= 4 is 16.8 Å². The van der Waals surface area contributed by atoms with Crippen molar-refractivity contribution in [2.45, 2.75) is 38.2 Å². The molecule has 3 aromatic rings. The summed E-state index contributed by atoms with van der Waals surface area (Å²) in [6.07, 6.45) is 3.98. The highest BCUT2D eigenvalue weighted by atomic mass is 19.1. The van der Waals surface area contributed by atoms with E-state index in [0.29, 0.717) is 23.4 Å². The molecular weight excluding hydrogens is 397 g/mol. The molecule has 3 heterocycles. The molecule has 31 heavy (non-hydrogen) atoms. The Balaban J connectivity index is 1.16. The van der Waals surface area contributed by atoms with Gasteiger partial charge in [0, 0.05) is 18.5 Å². The van der Waals surface area contributed by atoms with Crippen LogP contribution in [0, 0.1) is 11.7 Å². The number of halogens is 1. The van der Waals surface area contributed by atoms with E-state index in [9.17, 15) is 9.18 Å². The Bertz CT molecular complexity index is 1160. The molecule has 0 radical (unpaired) electrons. The monoisotopic (exact) mass is 423 g/mol. The van der Waals surface area contributed by atoms with Crippen molar-refractivity contribution < 1.29 is 13.6 Å². The molecule has 162 valence electrons. The summed E-state index contributed by atoms with van der Waals surface area (Å²) in [6.45, 7) is 4.98. The van der Waals surface area contributed by atoms with Gasteiger partial charge in [-0.05, 0) is 75.0 Å². The van der Waals surface area contributed by atoms with E-state index in [-0.39, 0.29) is 11.4 Å². The number of nitrogens with zero attached hydrogens (tertiary/aromatic N) is 2. The highest BCUT2D eigenvalue weighted by molar-refractivity contribution is 6.03. The number of piperidine rings is 1. The van der Waals surface area contributed by atoms with Crippen LogP contribution < -0.4 is 5.76 Å². The third kappa shape index (κ3) is 4.42. The normalized spacial score (nSPS) is 22.6. The molecule has 1 fully saturated rings. The number of aromatic nitrogens is 1. The number of aromatic amines is 1. The molecule has 0 aliphatic carbocycles. The zero-order chi connectivity index (χ0) is 21.4. The van der Waals surface area contributed by atoms with Crippen molar-refractivity contribution in [3.63, 3.8) is 0 Å². The van der Waals surface area contributed by atoms with Crippen molar-refractivity contribution in [2.75, 3.05) is 19.6 Å². The summed E-state index contributed by atoms with van der Waals surface area (Å²) in [4.78, 5) is 22.4. The average molecular weight is 423 g/mol. The summed E-state index contributed by atoms with van der Waals surface area (Å²) in [5.41, 5.74) is 3.84. The van der Waals surface area contributed by atoms with Gasteiger partial charge in [0.05, 0.1) is 11.2 Å². The van der Waals surface area contributed by atoms with Gasteiger partial charge in [-0.25, -0.2) is 9.18 Å². The molecule has 1 N–H and O–H groups in total. The van der Waals surface area contributed by atoms with E-state index in [0.717, 1.165) is 50.2 Å². The van der Waals surface area contributed by atoms with Crippen molar-refractivity contribution in [1.82, 2.24) is 9.88 Å². The highest BCUT2D eigenvalue weighted by Gasteiger charge is 2.37. The Morgan fingerprint density at radius 3 is 2.74 bits per heavy atom. The Labute approximate surface area is 179 Å². The minimum absolute atomic E-state index is 0.178. The van der Waals surface area contributed by atoms with E-state index in [4.69, 9.17) is 9.25 Å². The molecule has 0 bridgehead atoms. The average Bonchev–Trinajstić information content (AvgIpc) is 3.32. The van der Waals surface area contributed by atoms with Crippen LogP contribution >= 0.6 is 0 Å². The van der Waals surface area contributed by atoms with E-state index in [1.807, 2.05) is 30.3 Å². The van der Waals surface area contributed by atoms with E-state index in [1.54, 1.807) is 12.1 Å². The van der Waals surface area contributed by atoms with Crippen LogP contribution in [0.4, 0.5) is 4.39 Å². The van der Waals surface area contributed by atoms with Crippen LogP contribution in [-0.2, 0) is 11.3 Å². The fraction of sp³-hybridized carbons (Fsp3) is 0.417. The number of benzene rings is 2. The Hall–Kier alpha value is -2.93. The number of rotatable bonds is 5. The van der Waals surface area contributed by atoms with E-state index in [1.165, 1.54) is 5.56 Å². The first-order valence-electron chi connectivity index (χ1n) is 10.8. The highest BCUT2D eigenvalue weighted by Crippen LogP contribution is 2.30. The van der Waals surface area contributed by atoms with Gasteiger partial charge in [-0.3, -0.25) is 9.88 Å². The molecule has 0 saturated carbocycles. The maximum Gasteiger partial charge on any atom is 0.417 e. The number of nitrogens with one attached hydrogen (secondary N) is 1. The number of hydrogen-bond acceptors (Lipinski definition) is 5. The molecule has 1 atom stereocenters. The molecule has 2 aliphatic heterocycles. The first kappa shape index (κ1) is 20.0. The maximum absolute atomic E-state index is 13.1. The zero-order valence-corrected chi connectivity index (χ0v) is 17.6. The topological polar surface area (TPSA) is 70.8 Å². The van der Waals surface area contributed by atoms with Crippen LogP contribution in [0.2, 0.25) is 0 Å². The maximum atomic E-state index is 13.1. The van der Waals surface area contributed by atoms with Crippen molar-refractivity contribution in [3.05, 3.63) is 70.0 Å². The van der Waals surface area contributed by atoms with E-state index in [2.05, 4.69) is 22.0 Å². The Morgan fingerprint density at radius 2 is 1.97 bits per heavy atom. The van der Waals surface area contributed by atoms with Gasteiger partial charge < -0.3 is 9.25 Å². The minimum Gasteiger partial charge on any atom is -0.408 e. The third-order valence-corrected chi connectivity index (χ3v) is 6.37. The van der Waals surface area contributed by atoms with Crippen LogP contribution in [0.3, 0.4) is 0 Å². The lowest BCUT2D eigenvalue weighted by Crippen LogP contribution is -2.45. The van der Waals surface area contributed by atoms with Gasteiger partial charge in [-0.15, -0.1) is 0 Å². The first-order valence-corrected chi connectivity index (χ1v) is 10.8. The lowest BCUT2D eigenvalue weighted by atomic mass is 9.89. The van der Waals surface area contributed by atoms with Crippen LogP contribution in [0.15, 0.2) is 56.8 Å². The van der Waals surface area contributed by atoms with E-state index >= 15 is 0 Å². The molecule has 5 rings (SSSR count). The van der Waals surface area contributed by atoms with Crippen LogP contribution in [0.25, 0.3) is 11.1 Å². The summed E-state index contributed by atoms with van der Waals surface area (Å²) in [5.74, 6) is 0.000484. The second kappa shape index (κ2) is 7.96. The van der Waals surface area contributed by atoms with Crippen LogP contribution in [-0.4, -0.2) is 40.8 Å². The fourth-order valence-corrected chi connectivity index (χ4v) is 4.72. The lowest BCUT2D eigenvalue weighted by molar-refractivity contribution is -0.0345. The number of likely N-dealkylation sites (tertiary alicyclic amines) is 1. The van der Waals surface area contributed by atoms with Crippen molar-refractivity contribution in [1.29, 1.82) is 0 Å². The van der Waals surface area contributed by atoms with Crippen molar-refractivity contribution in [3.8, 4) is 0 Å². The zero-order valence-electron chi connectivity index (χ0n) is 17.6. The number of hydrogen-bond donors (Lipinski definition) is 1. The molecule has 0 spiro atoms. The summed E-state index contributed by atoms with van der Waals surface area (Å²) in [5, 5.41) is 4.35. The number of oxime groups is 1. The second-order valence-electron chi connectivity index (χ2n) is 9.03. The Morgan fingerprint density at radius 1 is 1.19 bits per heavy atom. The van der Waals surface area contributed by atoms with Crippen LogP contribution in [0.5, 0.6) is 0 Å². The summed E-state index contributed by atoms with van der Waals surface area (Å²) in [7, 11) is 0. The number of fused-ring (bicyclic) bond motifs is 1. The molecular formula is C24H26FN3O3. The van der Waals surface area contributed by atoms with Gasteiger partial charge in [-0.2, -0.15) is 0 Å². The summed E-state index contributed by atoms with van der Waals surface area (Å²) >= 11 is 0. The molecule has 1 aromatic heterocycles. The SMILES string of the molecule is CC1(CN2CCC(Cc3ccc(F)cc3)CC2)CC(c2ccc3[nH]c(=O)oc3c2)=NO1. The lowest BCUT2D eigenvalue weighted by Gasteiger charge is -2.36. The molecule has 1 saturated heterocycles. The largest absolute Gasteiger partial charge is 0.417 e. The predicted octanol–water partition coefficient (Wildman–Crippen LogP) is 4.10. The molecule has 1 unspecified atom stereocenters. The van der Waals surface area contributed by atoms with Crippen LogP contribution in [0.1, 0.15) is 37.3 Å². The van der Waals surface area contributed by atoms with Gasteiger partial charge in [0.15, 0.2) is 11.2 Å². The molecule has 2 aliphatic rings. The predicted molar refractivity (Wildman–Crippen MR) is 117 cm³/mol. The molecule has 6 nitrogen and oxygen atoms in total. The Kier molecular flexibility index (Phi) is 5.14. The minimum atomic E-state index is -0.454. The first-order chi connectivity index (χ1) is 15.0. The van der Waals surface area contributed by atoms with Crippen molar-refractivity contribution in [2.24, 2.45) is 11.1 Å². The fourth-order valence-electron chi connectivity index (χ4n) is 4.72. The summed E-state index contributed by atoms with van der Waals surface area (Å²) in [6, 6.07) is 12.5. The standard InChI is InChI=1S/C24H26FN3O3/c1-24(14-21(27-31-24)18-4-7-20-22(13-18)30-23(29)26-20)15-28-10-8-17(9-11-28)12-16-2-5-19(25)6-3-16/h2-7,13,17H,8-12,14-15H2,1H3,(H,26,29).